The van der Waals surface area contributed by atoms with Gasteiger partial charge >= 0.3 is 6.43 Å². The predicted molar refractivity (Wildman–Crippen MR) is 90.2 cm³/mol. The van der Waals surface area contributed by atoms with Crippen LogP contribution < -0.4 is 5.32 Å². The molecule has 2 heterocycles. The van der Waals surface area contributed by atoms with Gasteiger partial charge in [0.25, 0.3) is 5.91 Å². The number of nitriles is 1. The molecule has 0 aliphatic carbocycles. The number of rotatable bonds is 4. The lowest BCUT2D eigenvalue weighted by molar-refractivity contribution is -0.143. The van der Waals surface area contributed by atoms with E-state index in [0.717, 1.165) is 10.9 Å². The molecule has 7 heteroatoms. The van der Waals surface area contributed by atoms with Crippen LogP contribution in [-0.4, -0.2) is 41.3 Å². The highest BCUT2D eigenvalue weighted by molar-refractivity contribution is 5.83. The fourth-order valence-corrected chi connectivity index (χ4v) is 3.30. The van der Waals surface area contributed by atoms with E-state index in [-0.39, 0.29) is 18.5 Å². The Labute approximate surface area is 144 Å². The lowest BCUT2D eigenvalue weighted by atomic mass is 10.1. The van der Waals surface area contributed by atoms with Crippen LogP contribution in [0.2, 0.25) is 0 Å². The first kappa shape index (κ1) is 17.1. The molecular formula is C18H18F2N4O. The maximum absolute atomic E-state index is 12.6. The summed E-state index contributed by atoms with van der Waals surface area (Å²) in [7, 11) is 0. The number of alkyl halides is 2. The number of para-hydroxylation sites is 1. The SMILES string of the molecule is CC1CC(CNc2nc3ccccc3cc2C#N)CN1C(=O)C(F)F. The Kier molecular flexibility index (Phi) is 4.79. The monoisotopic (exact) mass is 344 g/mol. The molecule has 0 radical (unpaired) electrons. The van der Waals surface area contributed by atoms with E-state index in [4.69, 9.17) is 0 Å². The van der Waals surface area contributed by atoms with Crippen molar-refractivity contribution in [3.05, 3.63) is 35.9 Å². The highest BCUT2D eigenvalue weighted by Gasteiger charge is 2.35. The average Bonchev–Trinajstić information content (AvgIpc) is 2.98. The van der Waals surface area contributed by atoms with Crippen molar-refractivity contribution in [3.63, 3.8) is 0 Å². The highest BCUT2D eigenvalue weighted by Crippen LogP contribution is 2.26. The van der Waals surface area contributed by atoms with Crippen LogP contribution in [0.15, 0.2) is 30.3 Å². The zero-order chi connectivity index (χ0) is 18.0. The Morgan fingerprint density at radius 1 is 1.48 bits per heavy atom. The molecule has 1 aliphatic rings. The van der Waals surface area contributed by atoms with Gasteiger partial charge in [-0.15, -0.1) is 0 Å². The molecule has 1 amide bonds. The van der Waals surface area contributed by atoms with Crippen LogP contribution in [0, 0.1) is 17.2 Å². The summed E-state index contributed by atoms with van der Waals surface area (Å²) in [4.78, 5) is 17.2. The smallest absolute Gasteiger partial charge is 0.315 e. The molecular weight excluding hydrogens is 326 g/mol. The number of likely N-dealkylation sites (tertiary alicyclic amines) is 1. The minimum Gasteiger partial charge on any atom is -0.369 e. The van der Waals surface area contributed by atoms with Crippen molar-refractivity contribution in [3.8, 4) is 6.07 Å². The van der Waals surface area contributed by atoms with Crippen molar-refractivity contribution >= 4 is 22.6 Å². The molecule has 1 aromatic heterocycles. The van der Waals surface area contributed by atoms with Crippen molar-refractivity contribution < 1.29 is 13.6 Å². The average molecular weight is 344 g/mol. The van der Waals surface area contributed by atoms with Gasteiger partial charge in [0.1, 0.15) is 11.9 Å². The molecule has 2 atom stereocenters. The molecule has 0 spiro atoms. The molecule has 130 valence electrons. The number of carbonyl (C=O) groups is 1. The molecule has 25 heavy (non-hydrogen) atoms. The maximum Gasteiger partial charge on any atom is 0.315 e. The van der Waals surface area contributed by atoms with Gasteiger partial charge < -0.3 is 10.2 Å². The summed E-state index contributed by atoms with van der Waals surface area (Å²) < 4.78 is 25.3. The number of benzene rings is 1. The van der Waals surface area contributed by atoms with Gasteiger partial charge in [-0.1, -0.05) is 18.2 Å². The second-order valence-electron chi connectivity index (χ2n) is 6.31. The number of halogens is 2. The summed E-state index contributed by atoms with van der Waals surface area (Å²) in [6, 6.07) is 11.2. The molecule has 1 aromatic carbocycles. The summed E-state index contributed by atoms with van der Waals surface area (Å²) >= 11 is 0. The predicted octanol–water partition coefficient (Wildman–Crippen LogP) is 3.02. The number of nitrogens with one attached hydrogen (secondary N) is 1. The summed E-state index contributed by atoms with van der Waals surface area (Å²) in [6.45, 7) is 2.53. The molecule has 1 fully saturated rings. The van der Waals surface area contributed by atoms with Crippen LogP contribution in [0.5, 0.6) is 0 Å². The van der Waals surface area contributed by atoms with Crippen LogP contribution >= 0.6 is 0 Å². The quantitative estimate of drug-likeness (QED) is 0.926. The van der Waals surface area contributed by atoms with E-state index >= 15 is 0 Å². The first-order valence-electron chi connectivity index (χ1n) is 8.12. The third-order valence-electron chi connectivity index (χ3n) is 4.53. The van der Waals surface area contributed by atoms with E-state index in [1.807, 2.05) is 24.3 Å². The van der Waals surface area contributed by atoms with Crippen LogP contribution in [0.1, 0.15) is 18.9 Å². The highest BCUT2D eigenvalue weighted by atomic mass is 19.3. The first-order chi connectivity index (χ1) is 12.0. The van der Waals surface area contributed by atoms with Gasteiger partial charge in [-0.05, 0) is 31.4 Å². The number of fused-ring (bicyclic) bond motifs is 1. The Hall–Kier alpha value is -2.75. The summed E-state index contributed by atoms with van der Waals surface area (Å²) in [5.41, 5.74) is 1.21. The number of carbonyl (C=O) groups excluding carboxylic acids is 1. The van der Waals surface area contributed by atoms with E-state index in [9.17, 15) is 18.8 Å². The Bertz CT molecular complexity index is 833. The van der Waals surface area contributed by atoms with Crippen LogP contribution in [0.3, 0.4) is 0 Å². The van der Waals surface area contributed by atoms with E-state index < -0.39 is 12.3 Å². The lowest BCUT2D eigenvalue weighted by Crippen LogP contribution is -2.38. The summed E-state index contributed by atoms with van der Waals surface area (Å²) in [6.07, 6.45) is -2.33. The Balaban J connectivity index is 1.71. The first-order valence-corrected chi connectivity index (χ1v) is 8.12. The number of aromatic nitrogens is 1. The van der Waals surface area contributed by atoms with Crippen molar-refractivity contribution in [1.29, 1.82) is 5.26 Å². The summed E-state index contributed by atoms with van der Waals surface area (Å²) in [5.74, 6) is -0.596. The number of hydrogen-bond donors (Lipinski definition) is 1. The minimum absolute atomic E-state index is 0.0394. The van der Waals surface area contributed by atoms with Gasteiger partial charge in [-0.25, -0.2) is 4.98 Å². The molecule has 1 saturated heterocycles. The molecule has 2 aromatic rings. The zero-order valence-corrected chi connectivity index (χ0v) is 13.7. The second kappa shape index (κ2) is 7.01. The summed E-state index contributed by atoms with van der Waals surface area (Å²) in [5, 5.41) is 13.4. The number of nitrogens with zero attached hydrogens (tertiary/aromatic N) is 3. The van der Waals surface area contributed by atoms with Crippen LogP contribution in [-0.2, 0) is 4.79 Å². The largest absolute Gasteiger partial charge is 0.369 e. The van der Waals surface area contributed by atoms with Gasteiger partial charge in [-0.3, -0.25) is 4.79 Å². The Morgan fingerprint density at radius 3 is 2.96 bits per heavy atom. The standard InChI is InChI=1S/C18H18F2N4O/c1-11-6-12(10-24(11)18(25)16(19)20)9-22-17-14(8-21)7-13-4-2-3-5-15(13)23-17/h2-5,7,11-12,16H,6,9-10H2,1H3,(H,22,23). The molecule has 2 unspecified atom stereocenters. The number of hydrogen-bond acceptors (Lipinski definition) is 4. The van der Waals surface area contributed by atoms with E-state index in [1.165, 1.54) is 4.90 Å². The van der Waals surface area contributed by atoms with Gasteiger partial charge in [0, 0.05) is 24.5 Å². The maximum atomic E-state index is 12.6. The number of anilines is 1. The third-order valence-corrected chi connectivity index (χ3v) is 4.53. The van der Waals surface area contributed by atoms with Crippen molar-refractivity contribution in [1.82, 2.24) is 9.88 Å². The van der Waals surface area contributed by atoms with E-state index in [1.54, 1.807) is 13.0 Å². The molecule has 0 bridgehead atoms. The van der Waals surface area contributed by atoms with Gasteiger partial charge in [0.15, 0.2) is 0 Å². The molecule has 1 aliphatic heterocycles. The van der Waals surface area contributed by atoms with Crippen LogP contribution in [0.4, 0.5) is 14.6 Å². The van der Waals surface area contributed by atoms with Gasteiger partial charge in [0.2, 0.25) is 0 Å². The lowest BCUT2D eigenvalue weighted by Gasteiger charge is -2.20. The second-order valence-corrected chi connectivity index (χ2v) is 6.31. The fraction of sp³-hybridized carbons (Fsp3) is 0.389. The molecule has 5 nitrogen and oxygen atoms in total. The topological polar surface area (TPSA) is 69.0 Å². The van der Waals surface area contributed by atoms with Crippen LogP contribution in [0.25, 0.3) is 10.9 Å². The van der Waals surface area contributed by atoms with Gasteiger partial charge in [0.05, 0.1) is 11.1 Å². The fourth-order valence-electron chi connectivity index (χ4n) is 3.30. The molecule has 0 saturated carbocycles. The van der Waals surface area contributed by atoms with Gasteiger partial charge in [-0.2, -0.15) is 14.0 Å². The van der Waals surface area contributed by atoms with Crippen molar-refractivity contribution in [2.45, 2.75) is 25.8 Å². The van der Waals surface area contributed by atoms with Crippen molar-refractivity contribution in [2.24, 2.45) is 5.92 Å². The minimum atomic E-state index is -2.97. The normalized spacial score (nSPS) is 20.0. The third kappa shape index (κ3) is 3.53. The number of pyridine rings is 1. The number of amides is 1. The van der Waals surface area contributed by atoms with E-state index in [2.05, 4.69) is 16.4 Å². The van der Waals surface area contributed by atoms with E-state index in [0.29, 0.717) is 24.3 Å². The Morgan fingerprint density at radius 2 is 2.24 bits per heavy atom. The van der Waals surface area contributed by atoms with Crippen molar-refractivity contribution in [2.75, 3.05) is 18.4 Å². The molecule has 1 N–H and O–H groups in total. The zero-order valence-electron chi connectivity index (χ0n) is 13.7. The molecule has 3 rings (SSSR count).